The number of rotatable bonds is 7. The molecule has 0 aliphatic rings. The van der Waals surface area contributed by atoms with Crippen molar-refractivity contribution in [1.82, 2.24) is 9.97 Å². The van der Waals surface area contributed by atoms with E-state index in [2.05, 4.69) is 15.3 Å². The van der Waals surface area contributed by atoms with Crippen molar-refractivity contribution >= 4 is 11.9 Å². The molecule has 0 amide bonds. The maximum Gasteiger partial charge on any atom is 0.341 e. The Morgan fingerprint density at radius 2 is 2.32 bits per heavy atom. The summed E-state index contributed by atoms with van der Waals surface area (Å²) < 4.78 is 4.91. The maximum absolute atomic E-state index is 11.6. The summed E-state index contributed by atoms with van der Waals surface area (Å²) in [6, 6.07) is 0. The van der Waals surface area contributed by atoms with E-state index in [1.807, 2.05) is 6.92 Å². The van der Waals surface area contributed by atoms with Crippen LogP contribution in [0, 0.1) is 12.8 Å². The first-order chi connectivity index (χ1) is 9.08. The fraction of sp³-hybridized carbons (Fsp3) is 0.615. The molecule has 1 heterocycles. The van der Waals surface area contributed by atoms with Crippen LogP contribution in [0.1, 0.15) is 36.3 Å². The van der Waals surface area contributed by atoms with E-state index < -0.39 is 5.97 Å². The molecule has 2 N–H and O–H groups in total. The van der Waals surface area contributed by atoms with Crippen LogP contribution in [0.25, 0.3) is 0 Å². The van der Waals surface area contributed by atoms with Crippen LogP contribution in [-0.2, 0) is 4.74 Å². The highest BCUT2D eigenvalue weighted by atomic mass is 16.5. The van der Waals surface area contributed by atoms with Crippen LogP contribution in [0.3, 0.4) is 0 Å². The molecular weight excluding hydrogens is 246 g/mol. The summed E-state index contributed by atoms with van der Waals surface area (Å²) in [7, 11) is 0. The third kappa shape index (κ3) is 4.82. The number of aliphatic hydroxyl groups excluding tert-OH is 1. The number of carbonyl (C=O) groups is 1. The Labute approximate surface area is 113 Å². The fourth-order valence-corrected chi connectivity index (χ4v) is 1.55. The zero-order valence-corrected chi connectivity index (χ0v) is 11.6. The molecule has 0 aliphatic heterocycles. The molecule has 0 aliphatic carbocycles. The van der Waals surface area contributed by atoms with E-state index >= 15 is 0 Å². The Kier molecular flexibility index (Phi) is 6.21. The lowest BCUT2D eigenvalue weighted by Crippen LogP contribution is -2.16. The summed E-state index contributed by atoms with van der Waals surface area (Å²) in [5.74, 6) is 0.411. The second kappa shape index (κ2) is 7.68. The number of esters is 1. The molecule has 1 aromatic heterocycles. The predicted molar refractivity (Wildman–Crippen MR) is 72.1 cm³/mol. The van der Waals surface area contributed by atoms with Gasteiger partial charge < -0.3 is 15.2 Å². The minimum absolute atomic E-state index is 0.171. The zero-order valence-electron chi connectivity index (χ0n) is 11.6. The summed E-state index contributed by atoms with van der Waals surface area (Å²) >= 11 is 0. The largest absolute Gasteiger partial charge is 0.462 e. The number of nitrogens with zero attached hydrogens (tertiary/aromatic N) is 2. The molecule has 0 spiro atoms. The minimum Gasteiger partial charge on any atom is -0.462 e. The van der Waals surface area contributed by atoms with E-state index in [0.29, 0.717) is 36.3 Å². The molecular formula is C13H21N3O3. The minimum atomic E-state index is -0.403. The molecule has 1 unspecified atom stereocenters. The van der Waals surface area contributed by atoms with Gasteiger partial charge in [-0.05, 0) is 26.2 Å². The molecule has 0 saturated heterocycles. The fourth-order valence-electron chi connectivity index (χ4n) is 1.55. The van der Waals surface area contributed by atoms with Gasteiger partial charge in [-0.15, -0.1) is 0 Å². The van der Waals surface area contributed by atoms with Crippen molar-refractivity contribution in [3.63, 3.8) is 0 Å². The summed E-state index contributed by atoms with van der Waals surface area (Å²) in [5.41, 5.74) is 0.974. The smallest absolute Gasteiger partial charge is 0.341 e. The van der Waals surface area contributed by atoms with Crippen LogP contribution in [0.2, 0.25) is 0 Å². The Bertz CT molecular complexity index is 424. The number of aliphatic hydroxyl groups is 1. The van der Waals surface area contributed by atoms with Gasteiger partial charge in [-0.2, -0.15) is 0 Å². The number of anilines is 1. The van der Waals surface area contributed by atoms with E-state index in [1.165, 1.54) is 6.20 Å². The van der Waals surface area contributed by atoms with Crippen molar-refractivity contribution in [3.8, 4) is 0 Å². The molecule has 6 heteroatoms. The molecule has 1 aromatic rings. The SMILES string of the molecule is CCOC(=O)c1cnc(NCC(C)CCO)nc1C. The molecule has 0 aromatic carbocycles. The van der Waals surface area contributed by atoms with Crippen LogP contribution < -0.4 is 5.32 Å². The number of aryl methyl sites for hydroxylation is 1. The van der Waals surface area contributed by atoms with E-state index in [-0.39, 0.29) is 6.61 Å². The zero-order chi connectivity index (χ0) is 14.3. The molecule has 0 saturated carbocycles. The Morgan fingerprint density at radius 3 is 2.89 bits per heavy atom. The van der Waals surface area contributed by atoms with E-state index in [0.717, 1.165) is 6.42 Å². The lowest BCUT2D eigenvalue weighted by atomic mass is 10.1. The van der Waals surface area contributed by atoms with Crippen LogP contribution in [0.15, 0.2) is 6.20 Å². The van der Waals surface area contributed by atoms with Crippen LogP contribution >= 0.6 is 0 Å². The van der Waals surface area contributed by atoms with Gasteiger partial charge in [0.25, 0.3) is 0 Å². The van der Waals surface area contributed by atoms with Crippen molar-refractivity contribution in [2.24, 2.45) is 5.92 Å². The van der Waals surface area contributed by atoms with Gasteiger partial charge in [0.05, 0.1) is 17.9 Å². The third-order valence-electron chi connectivity index (χ3n) is 2.71. The summed E-state index contributed by atoms with van der Waals surface area (Å²) in [5, 5.41) is 11.9. The van der Waals surface area contributed by atoms with Crippen LogP contribution in [-0.4, -0.2) is 40.8 Å². The Morgan fingerprint density at radius 1 is 1.58 bits per heavy atom. The van der Waals surface area contributed by atoms with Crippen molar-refractivity contribution in [2.45, 2.75) is 27.2 Å². The first kappa shape index (κ1) is 15.4. The molecule has 106 valence electrons. The Balaban J connectivity index is 2.64. The van der Waals surface area contributed by atoms with Gasteiger partial charge in [-0.1, -0.05) is 6.92 Å². The van der Waals surface area contributed by atoms with Gasteiger partial charge in [0.15, 0.2) is 0 Å². The first-order valence-corrected chi connectivity index (χ1v) is 6.44. The maximum atomic E-state index is 11.6. The van der Waals surface area contributed by atoms with Crippen LogP contribution in [0.4, 0.5) is 5.95 Å². The number of hydrogen-bond donors (Lipinski definition) is 2. The monoisotopic (exact) mass is 267 g/mol. The van der Waals surface area contributed by atoms with Gasteiger partial charge in [-0.25, -0.2) is 14.8 Å². The molecule has 0 bridgehead atoms. The van der Waals surface area contributed by atoms with Gasteiger partial charge in [0, 0.05) is 19.3 Å². The standard InChI is InChI=1S/C13H21N3O3/c1-4-19-12(18)11-8-15-13(16-10(11)3)14-7-9(2)5-6-17/h8-9,17H,4-7H2,1-3H3,(H,14,15,16). The normalized spacial score (nSPS) is 12.0. The van der Waals surface area contributed by atoms with Gasteiger partial charge in [-0.3, -0.25) is 0 Å². The lowest BCUT2D eigenvalue weighted by Gasteiger charge is -2.12. The molecule has 6 nitrogen and oxygen atoms in total. The van der Waals surface area contributed by atoms with Gasteiger partial charge in [0.1, 0.15) is 0 Å². The molecule has 1 atom stereocenters. The van der Waals surface area contributed by atoms with E-state index in [9.17, 15) is 4.79 Å². The molecule has 19 heavy (non-hydrogen) atoms. The third-order valence-corrected chi connectivity index (χ3v) is 2.71. The van der Waals surface area contributed by atoms with Crippen molar-refractivity contribution in [1.29, 1.82) is 0 Å². The summed E-state index contributed by atoms with van der Waals surface area (Å²) in [6.07, 6.45) is 2.20. The second-order valence-electron chi connectivity index (χ2n) is 4.41. The summed E-state index contributed by atoms with van der Waals surface area (Å²) in [6.45, 7) is 6.71. The van der Waals surface area contributed by atoms with Crippen LogP contribution in [0.5, 0.6) is 0 Å². The molecule has 1 rings (SSSR count). The highest BCUT2D eigenvalue weighted by molar-refractivity contribution is 5.90. The average molecular weight is 267 g/mol. The van der Waals surface area contributed by atoms with Crippen molar-refractivity contribution < 1.29 is 14.6 Å². The Hall–Kier alpha value is -1.69. The quantitative estimate of drug-likeness (QED) is 0.726. The van der Waals surface area contributed by atoms with E-state index in [1.54, 1.807) is 13.8 Å². The number of ether oxygens (including phenoxy) is 1. The highest BCUT2D eigenvalue weighted by Gasteiger charge is 2.12. The average Bonchev–Trinajstić information content (AvgIpc) is 2.37. The predicted octanol–water partition coefficient (Wildman–Crippen LogP) is 1.39. The highest BCUT2D eigenvalue weighted by Crippen LogP contribution is 2.09. The summed E-state index contributed by atoms with van der Waals surface area (Å²) in [4.78, 5) is 19.9. The topological polar surface area (TPSA) is 84.3 Å². The van der Waals surface area contributed by atoms with Gasteiger partial charge >= 0.3 is 5.97 Å². The first-order valence-electron chi connectivity index (χ1n) is 6.44. The number of aromatic nitrogens is 2. The van der Waals surface area contributed by atoms with Crippen molar-refractivity contribution in [2.75, 3.05) is 25.1 Å². The lowest BCUT2D eigenvalue weighted by molar-refractivity contribution is 0.0524. The number of nitrogens with one attached hydrogen (secondary N) is 1. The number of hydrogen-bond acceptors (Lipinski definition) is 6. The van der Waals surface area contributed by atoms with Gasteiger partial charge in [0.2, 0.25) is 5.95 Å². The van der Waals surface area contributed by atoms with E-state index in [4.69, 9.17) is 9.84 Å². The molecule has 0 fully saturated rings. The van der Waals surface area contributed by atoms with Crippen molar-refractivity contribution in [3.05, 3.63) is 17.5 Å². The number of carbonyl (C=O) groups excluding carboxylic acids is 1. The molecule has 0 radical (unpaired) electrons. The second-order valence-corrected chi connectivity index (χ2v) is 4.41.